The molecule has 0 heterocycles. The molecule has 3 atom stereocenters. The average molecular weight is 262 g/mol. The predicted molar refractivity (Wildman–Crippen MR) is 73.3 cm³/mol. The van der Waals surface area contributed by atoms with E-state index in [2.05, 4.69) is 12.2 Å². The van der Waals surface area contributed by atoms with Crippen molar-refractivity contribution in [2.45, 2.75) is 57.7 Å². The number of rotatable bonds is 9. The lowest BCUT2D eigenvalue weighted by atomic mass is 10.2. The molecule has 0 aromatic rings. The first-order valence-electron chi connectivity index (χ1n) is 6.43. The SMILES string of the molecule is CCCCCNC(=O)C(C)S(=O)CC(N)CC. The molecule has 3 unspecified atom stereocenters. The van der Waals surface area contributed by atoms with Gasteiger partial charge in [-0.3, -0.25) is 9.00 Å². The van der Waals surface area contributed by atoms with Crippen LogP contribution in [0.25, 0.3) is 0 Å². The number of amides is 1. The van der Waals surface area contributed by atoms with Crippen LogP contribution >= 0.6 is 0 Å². The van der Waals surface area contributed by atoms with Gasteiger partial charge in [-0.1, -0.05) is 26.7 Å². The highest BCUT2D eigenvalue weighted by molar-refractivity contribution is 7.86. The van der Waals surface area contributed by atoms with Crippen LogP contribution < -0.4 is 11.1 Å². The Balaban J connectivity index is 3.90. The maximum atomic E-state index is 11.8. The lowest BCUT2D eigenvalue weighted by Gasteiger charge is -2.14. The summed E-state index contributed by atoms with van der Waals surface area (Å²) >= 11 is 0. The van der Waals surface area contributed by atoms with Gasteiger partial charge in [-0.25, -0.2) is 0 Å². The topological polar surface area (TPSA) is 72.2 Å². The highest BCUT2D eigenvalue weighted by atomic mass is 32.2. The Hall–Kier alpha value is -0.420. The zero-order chi connectivity index (χ0) is 13.3. The van der Waals surface area contributed by atoms with Crippen LogP contribution in [0.15, 0.2) is 0 Å². The van der Waals surface area contributed by atoms with Gasteiger partial charge >= 0.3 is 0 Å². The number of hydrogen-bond acceptors (Lipinski definition) is 3. The van der Waals surface area contributed by atoms with E-state index in [9.17, 15) is 9.00 Å². The van der Waals surface area contributed by atoms with Crippen molar-refractivity contribution in [1.29, 1.82) is 0 Å². The summed E-state index contributed by atoms with van der Waals surface area (Å²) in [6.07, 6.45) is 4.01. The first-order chi connectivity index (χ1) is 8.02. The molecule has 0 saturated carbocycles. The van der Waals surface area contributed by atoms with Crippen LogP contribution in [0.2, 0.25) is 0 Å². The molecule has 0 aromatic heterocycles. The third kappa shape index (κ3) is 7.49. The molecule has 0 aliphatic rings. The molecule has 4 nitrogen and oxygen atoms in total. The minimum atomic E-state index is -1.17. The van der Waals surface area contributed by atoms with Crippen molar-refractivity contribution in [2.75, 3.05) is 12.3 Å². The Morgan fingerprint density at radius 3 is 2.53 bits per heavy atom. The molecule has 17 heavy (non-hydrogen) atoms. The molecule has 102 valence electrons. The number of hydrogen-bond donors (Lipinski definition) is 2. The molecular weight excluding hydrogens is 236 g/mol. The van der Waals surface area contributed by atoms with E-state index in [0.29, 0.717) is 12.3 Å². The van der Waals surface area contributed by atoms with Crippen LogP contribution in [0.5, 0.6) is 0 Å². The molecule has 0 rings (SSSR count). The van der Waals surface area contributed by atoms with Gasteiger partial charge in [0, 0.05) is 29.1 Å². The maximum Gasteiger partial charge on any atom is 0.235 e. The predicted octanol–water partition coefficient (Wildman–Crippen LogP) is 1.17. The van der Waals surface area contributed by atoms with Gasteiger partial charge in [0.2, 0.25) is 5.91 Å². The van der Waals surface area contributed by atoms with Crippen LogP contribution in [0, 0.1) is 0 Å². The largest absolute Gasteiger partial charge is 0.355 e. The zero-order valence-corrected chi connectivity index (χ0v) is 12.0. The van der Waals surface area contributed by atoms with Crippen molar-refractivity contribution >= 4 is 16.7 Å². The number of nitrogens with one attached hydrogen (secondary N) is 1. The van der Waals surface area contributed by atoms with E-state index in [1.165, 1.54) is 0 Å². The van der Waals surface area contributed by atoms with Gasteiger partial charge in [0.1, 0.15) is 5.25 Å². The van der Waals surface area contributed by atoms with E-state index in [0.717, 1.165) is 25.7 Å². The lowest BCUT2D eigenvalue weighted by molar-refractivity contribution is -0.120. The van der Waals surface area contributed by atoms with Crippen molar-refractivity contribution < 1.29 is 9.00 Å². The van der Waals surface area contributed by atoms with Crippen molar-refractivity contribution in [3.05, 3.63) is 0 Å². The fraction of sp³-hybridized carbons (Fsp3) is 0.917. The molecule has 0 fully saturated rings. The second kappa shape index (κ2) is 9.59. The summed E-state index contributed by atoms with van der Waals surface area (Å²) in [4.78, 5) is 11.7. The Kier molecular flexibility index (Phi) is 9.36. The maximum absolute atomic E-state index is 11.8. The Labute approximate surface area is 107 Å². The zero-order valence-electron chi connectivity index (χ0n) is 11.2. The fourth-order valence-corrected chi connectivity index (χ4v) is 2.59. The highest BCUT2D eigenvalue weighted by Gasteiger charge is 2.20. The van der Waals surface area contributed by atoms with Gasteiger partial charge in [-0.2, -0.15) is 0 Å². The van der Waals surface area contributed by atoms with Crippen LogP contribution in [0.1, 0.15) is 46.5 Å². The number of unbranched alkanes of at least 4 members (excludes halogenated alkanes) is 2. The molecule has 0 bridgehead atoms. The molecule has 3 N–H and O–H groups in total. The minimum absolute atomic E-state index is 0.0776. The third-order valence-corrected chi connectivity index (χ3v) is 4.51. The second-order valence-electron chi connectivity index (χ2n) is 4.36. The van der Waals surface area contributed by atoms with Crippen molar-refractivity contribution in [2.24, 2.45) is 5.73 Å². The highest BCUT2D eigenvalue weighted by Crippen LogP contribution is 2.01. The molecule has 0 spiro atoms. The molecule has 0 aliphatic carbocycles. The smallest absolute Gasteiger partial charge is 0.235 e. The summed E-state index contributed by atoms with van der Waals surface area (Å²) in [6.45, 7) is 6.45. The van der Waals surface area contributed by atoms with E-state index in [-0.39, 0.29) is 11.9 Å². The fourth-order valence-electron chi connectivity index (χ4n) is 1.32. The normalized spacial score (nSPS) is 16.2. The molecule has 0 saturated heterocycles. The Morgan fingerprint density at radius 2 is 2.00 bits per heavy atom. The van der Waals surface area contributed by atoms with Crippen LogP contribution in [0.4, 0.5) is 0 Å². The van der Waals surface area contributed by atoms with Gasteiger partial charge < -0.3 is 11.1 Å². The Morgan fingerprint density at radius 1 is 1.35 bits per heavy atom. The summed E-state index contributed by atoms with van der Waals surface area (Å²) in [5.41, 5.74) is 5.73. The summed E-state index contributed by atoms with van der Waals surface area (Å²) in [6, 6.07) is -0.0776. The molecule has 1 amide bonds. The quantitative estimate of drug-likeness (QED) is 0.613. The van der Waals surface area contributed by atoms with Crippen LogP contribution in [0.3, 0.4) is 0 Å². The average Bonchev–Trinajstić information content (AvgIpc) is 2.33. The van der Waals surface area contributed by atoms with E-state index in [1.54, 1.807) is 6.92 Å². The van der Waals surface area contributed by atoms with Gasteiger partial charge in [0.05, 0.1) is 0 Å². The molecule has 0 aromatic carbocycles. The van der Waals surface area contributed by atoms with Gasteiger partial charge in [-0.05, 0) is 19.8 Å². The molecular formula is C12H26N2O2S. The van der Waals surface area contributed by atoms with Crippen LogP contribution in [-0.4, -0.2) is 33.7 Å². The molecule has 0 aliphatic heterocycles. The third-order valence-electron chi connectivity index (χ3n) is 2.75. The van der Waals surface area contributed by atoms with Crippen LogP contribution in [-0.2, 0) is 15.6 Å². The number of carbonyl (C=O) groups excluding carboxylic acids is 1. The van der Waals surface area contributed by atoms with Crippen molar-refractivity contribution in [1.82, 2.24) is 5.32 Å². The van der Waals surface area contributed by atoms with Gasteiger partial charge in [0.25, 0.3) is 0 Å². The standard InChI is InChI=1S/C12H26N2O2S/c1-4-6-7-8-14-12(15)10(3)17(16)9-11(13)5-2/h10-11H,4-9,13H2,1-3H3,(H,14,15). The summed E-state index contributed by atoms with van der Waals surface area (Å²) in [5, 5.41) is 2.35. The van der Waals surface area contributed by atoms with Crippen molar-refractivity contribution in [3.63, 3.8) is 0 Å². The summed E-state index contributed by atoms with van der Waals surface area (Å²) in [5.74, 6) is 0.280. The summed E-state index contributed by atoms with van der Waals surface area (Å²) < 4.78 is 11.8. The summed E-state index contributed by atoms with van der Waals surface area (Å²) in [7, 11) is -1.17. The molecule has 0 radical (unpaired) electrons. The van der Waals surface area contributed by atoms with E-state index in [1.807, 2.05) is 6.92 Å². The second-order valence-corrected chi connectivity index (χ2v) is 6.16. The van der Waals surface area contributed by atoms with Crippen molar-refractivity contribution in [3.8, 4) is 0 Å². The van der Waals surface area contributed by atoms with E-state index < -0.39 is 16.0 Å². The minimum Gasteiger partial charge on any atom is -0.355 e. The van der Waals surface area contributed by atoms with Gasteiger partial charge in [-0.15, -0.1) is 0 Å². The lowest BCUT2D eigenvalue weighted by Crippen LogP contribution is -2.39. The Bertz CT molecular complexity index is 247. The van der Waals surface area contributed by atoms with Gasteiger partial charge in [0.15, 0.2) is 0 Å². The number of nitrogens with two attached hydrogens (primary N) is 1. The number of carbonyl (C=O) groups is 1. The molecule has 5 heteroatoms. The monoisotopic (exact) mass is 262 g/mol. The first kappa shape index (κ1) is 16.6. The van der Waals surface area contributed by atoms with E-state index in [4.69, 9.17) is 5.73 Å². The van der Waals surface area contributed by atoms with E-state index >= 15 is 0 Å². The first-order valence-corrected chi connectivity index (χ1v) is 7.81.